The fourth-order valence-electron chi connectivity index (χ4n) is 3.90. The molecule has 0 spiro atoms. The molecule has 0 bridgehead atoms. The lowest BCUT2D eigenvalue weighted by Gasteiger charge is -2.12. The summed E-state index contributed by atoms with van der Waals surface area (Å²) in [5.41, 5.74) is 5.56. The van der Waals surface area contributed by atoms with Crippen molar-refractivity contribution >= 4 is 45.4 Å². The fourth-order valence-corrected chi connectivity index (χ4v) is 3.90. The molecule has 0 atom stereocenters. The lowest BCUT2D eigenvalue weighted by molar-refractivity contribution is -0.113. The van der Waals surface area contributed by atoms with Crippen molar-refractivity contribution in [1.29, 1.82) is 0 Å². The number of aromatic amines is 1. The van der Waals surface area contributed by atoms with Crippen LogP contribution in [0.25, 0.3) is 27.9 Å². The van der Waals surface area contributed by atoms with Crippen molar-refractivity contribution in [3.63, 3.8) is 0 Å². The summed E-state index contributed by atoms with van der Waals surface area (Å²) in [5.74, 6) is -0.325. The third-order valence-corrected chi connectivity index (χ3v) is 5.72. The minimum absolute atomic E-state index is 0.0154. The summed E-state index contributed by atoms with van der Waals surface area (Å²) >= 11 is 0. The summed E-state index contributed by atoms with van der Waals surface area (Å²) in [7, 11) is 0. The summed E-state index contributed by atoms with van der Waals surface area (Å²) < 4.78 is 6.02. The van der Waals surface area contributed by atoms with Crippen molar-refractivity contribution in [1.82, 2.24) is 15.4 Å². The van der Waals surface area contributed by atoms with E-state index >= 15 is 0 Å². The zero-order valence-corrected chi connectivity index (χ0v) is 19.1. The number of H-pyrrole nitrogens is 1. The van der Waals surface area contributed by atoms with E-state index in [1.165, 1.54) is 0 Å². The van der Waals surface area contributed by atoms with Crippen LogP contribution in [0, 0.1) is 0 Å². The Hall–Kier alpha value is -4.95. The number of fused-ring (bicyclic) bond motifs is 3. The van der Waals surface area contributed by atoms with Gasteiger partial charge >= 0.3 is 0 Å². The molecule has 0 saturated carbocycles. The van der Waals surface area contributed by atoms with Crippen molar-refractivity contribution in [2.45, 2.75) is 0 Å². The zero-order chi connectivity index (χ0) is 24.9. The molecular weight excluding hydrogens is 456 g/mol. The molecule has 178 valence electrons. The maximum Gasteiger partial charge on any atom is 0.274 e. The van der Waals surface area contributed by atoms with Crippen LogP contribution in [0.15, 0.2) is 96.8 Å². The largest absolute Gasteiger partial charge is 0.489 e. The summed E-state index contributed by atoms with van der Waals surface area (Å²) in [6, 6.07) is 23.7. The first-order valence-electron chi connectivity index (χ1n) is 11.2. The van der Waals surface area contributed by atoms with Crippen molar-refractivity contribution in [3.8, 4) is 5.75 Å². The van der Waals surface area contributed by atoms with Gasteiger partial charge in [0.1, 0.15) is 12.4 Å². The van der Waals surface area contributed by atoms with E-state index in [1.54, 1.807) is 60.3 Å². The van der Waals surface area contributed by atoms with Gasteiger partial charge in [0, 0.05) is 46.0 Å². The first-order chi connectivity index (χ1) is 17.6. The van der Waals surface area contributed by atoms with E-state index in [0.717, 1.165) is 21.8 Å². The van der Waals surface area contributed by atoms with Crippen LogP contribution in [-0.4, -0.2) is 33.6 Å². The van der Waals surface area contributed by atoms with Gasteiger partial charge in [-0.05, 0) is 54.1 Å². The van der Waals surface area contributed by atoms with Crippen LogP contribution in [-0.2, 0) is 4.79 Å². The number of ether oxygens (including phenoxy) is 1. The number of amides is 2. The molecule has 5 rings (SSSR count). The van der Waals surface area contributed by atoms with Crippen LogP contribution in [0.4, 0.5) is 5.69 Å². The Labute approximate surface area is 206 Å². The second-order valence-corrected chi connectivity index (χ2v) is 8.09. The van der Waals surface area contributed by atoms with Crippen LogP contribution >= 0.6 is 0 Å². The third-order valence-electron chi connectivity index (χ3n) is 5.72. The smallest absolute Gasteiger partial charge is 0.274 e. The van der Waals surface area contributed by atoms with Gasteiger partial charge in [-0.25, -0.2) is 5.48 Å². The Balaban J connectivity index is 1.40. The molecule has 0 aliphatic carbocycles. The number of carbonyl (C=O) groups excluding carboxylic acids is 2. The van der Waals surface area contributed by atoms with Gasteiger partial charge in [-0.2, -0.15) is 0 Å². The second kappa shape index (κ2) is 10.1. The van der Waals surface area contributed by atoms with Gasteiger partial charge < -0.3 is 15.0 Å². The predicted octanol–water partition coefficient (Wildman–Crippen LogP) is 4.94. The second-order valence-electron chi connectivity index (χ2n) is 8.09. The molecule has 36 heavy (non-hydrogen) atoms. The standard InChI is InChI=1S/C28H22N4O4/c33-27(30-21-11-13-29-14-12-21)20(15-18-5-7-19(8-6-18)28(34)32-35)17-36-22-9-10-24-23-3-1-2-4-25(23)31-26(24)16-22/h1-16,31,35H,17H2,(H,32,34)(H,29,30,33). The van der Waals surface area contributed by atoms with E-state index in [2.05, 4.69) is 21.4 Å². The highest BCUT2D eigenvalue weighted by molar-refractivity contribution is 6.08. The number of carbonyl (C=O) groups is 2. The molecule has 2 amide bonds. The van der Waals surface area contributed by atoms with E-state index in [0.29, 0.717) is 28.1 Å². The molecule has 2 heterocycles. The number of nitrogens with zero attached hydrogens (tertiary/aromatic N) is 1. The van der Waals surface area contributed by atoms with Gasteiger partial charge in [-0.3, -0.25) is 19.8 Å². The highest BCUT2D eigenvalue weighted by atomic mass is 16.5. The first kappa shape index (κ1) is 22.8. The molecule has 0 unspecified atom stereocenters. The average molecular weight is 479 g/mol. The number of pyridine rings is 1. The van der Waals surface area contributed by atoms with Crippen molar-refractivity contribution in [2.24, 2.45) is 0 Å². The molecule has 3 aromatic carbocycles. The minimum atomic E-state index is -0.614. The summed E-state index contributed by atoms with van der Waals surface area (Å²) in [5, 5.41) is 13.9. The number of anilines is 1. The molecule has 4 N–H and O–H groups in total. The van der Waals surface area contributed by atoms with E-state index in [-0.39, 0.29) is 12.5 Å². The molecular formula is C28H22N4O4. The number of hydrogen-bond acceptors (Lipinski definition) is 5. The Kier molecular flexibility index (Phi) is 6.42. The average Bonchev–Trinajstić information content (AvgIpc) is 3.29. The van der Waals surface area contributed by atoms with Gasteiger partial charge in [0.05, 0.1) is 11.1 Å². The fraction of sp³-hybridized carbons (Fsp3) is 0.0357. The highest BCUT2D eigenvalue weighted by Crippen LogP contribution is 2.28. The quantitative estimate of drug-likeness (QED) is 0.150. The minimum Gasteiger partial charge on any atom is -0.489 e. The normalized spacial score (nSPS) is 11.4. The monoisotopic (exact) mass is 478 g/mol. The predicted molar refractivity (Wildman–Crippen MR) is 138 cm³/mol. The number of hydroxylamine groups is 1. The van der Waals surface area contributed by atoms with E-state index in [1.807, 2.05) is 36.4 Å². The lowest BCUT2D eigenvalue weighted by Crippen LogP contribution is -2.19. The van der Waals surface area contributed by atoms with Crippen LogP contribution in [0.2, 0.25) is 0 Å². The number of nitrogens with one attached hydrogen (secondary N) is 3. The molecule has 0 aliphatic heterocycles. The number of benzene rings is 3. The van der Waals surface area contributed by atoms with Gasteiger partial charge in [0.25, 0.3) is 11.8 Å². The molecule has 0 radical (unpaired) electrons. The summed E-state index contributed by atoms with van der Waals surface area (Å²) in [4.78, 5) is 32.1. The van der Waals surface area contributed by atoms with Gasteiger partial charge in [-0.15, -0.1) is 0 Å². The third kappa shape index (κ3) is 4.94. The number of aromatic nitrogens is 2. The van der Waals surface area contributed by atoms with E-state index in [4.69, 9.17) is 9.94 Å². The van der Waals surface area contributed by atoms with E-state index in [9.17, 15) is 9.59 Å². The molecule has 0 fully saturated rings. The maximum atomic E-state index is 13.1. The Morgan fingerprint density at radius 1 is 0.917 bits per heavy atom. The van der Waals surface area contributed by atoms with Gasteiger partial charge in [0.15, 0.2) is 0 Å². The SMILES string of the molecule is O=C(Nc1ccncc1)C(=Cc1ccc(C(=O)NO)cc1)COc1ccc2c(c1)[nH]c1ccccc12. The molecule has 8 heteroatoms. The van der Waals surface area contributed by atoms with Crippen LogP contribution in [0.1, 0.15) is 15.9 Å². The number of hydrogen-bond donors (Lipinski definition) is 4. The van der Waals surface area contributed by atoms with Crippen molar-refractivity contribution in [2.75, 3.05) is 11.9 Å². The molecule has 0 saturated heterocycles. The Morgan fingerprint density at radius 3 is 2.44 bits per heavy atom. The maximum absolute atomic E-state index is 13.1. The molecule has 0 aliphatic rings. The van der Waals surface area contributed by atoms with Crippen LogP contribution < -0.4 is 15.5 Å². The lowest BCUT2D eigenvalue weighted by atomic mass is 10.1. The number of para-hydroxylation sites is 1. The Morgan fingerprint density at radius 2 is 1.67 bits per heavy atom. The van der Waals surface area contributed by atoms with Gasteiger partial charge in [-0.1, -0.05) is 30.3 Å². The molecule has 5 aromatic rings. The Bertz CT molecular complexity index is 1570. The first-order valence-corrected chi connectivity index (χ1v) is 11.2. The summed E-state index contributed by atoms with van der Waals surface area (Å²) in [6.45, 7) is 0.0154. The topological polar surface area (TPSA) is 116 Å². The zero-order valence-electron chi connectivity index (χ0n) is 19.1. The van der Waals surface area contributed by atoms with Crippen molar-refractivity contribution < 1.29 is 19.5 Å². The van der Waals surface area contributed by atoms with Crippen LogP contribution in [0.5, 0.6) is 5.75 Å². The molecule has 8 nitrogen and oxygen atoms in total. The van der Waals surface area contributed by atoms with Crippen LogP contribution in [0.3, 0.4) is 0 Å². The van der Waals surface area contributed by atoms with E-state index < -0.39 is 5.91 Å². The van der Waals surface area contributed by atoms with Crippen molar-refractivity contribution in [3.05, 3.63) is 108 Å². The van der Waals surface area contributed by atoms with Gasteiger partial charge in [0.2, 0.25) is 0 Å². The number of rotatable bonds is 7. The summed E-state index contributed by atoms with van der Waals surface area (Å²) in [6.07, 6.45) is 4.88. The highest BCUT2D eigenvalue weighted by Gasteiger charge is 2.13. The molecule has 2 aromatic heterocycles.